The van der Waals surface area contributed by atoms with Crippen molar-refractivity contribution in [2.24, 2.45) is 0 Å². The number of rotatable bonds is 3. The summed E-state index contributed by atoms with van der Waals surface area (Å²) in [6, 6.07) is 65.8. The molecule has 0 fully saturated rings. The number of fused-ring (bicyclic) bond motifs is 14. The Morgan fingerprint density at radius 3 is 1.61 bits per heavy atom. The van der Waals surface area contributed by atoms with Crippen molar-refractivity contribution in [1.29, 1.82) is 0 Å². The third-order valence-corrected chi connectivity index (χ3v) is 15.3. The van der Waals surface area contributed by atoms with Crippen LogP contribution in [0.2, 0.25) is 0 Å². The van der Waals surface area contributed by atoms with Crippen LogP contribution in [-0.4, -0.2) is 4.57 Å². The molecule has 0 radical (unpaired) electrons. The van der Waals surface area contributed by atoms with Gasteiger partial charge in [-0.25, -0.2) is 0 Å². The first-order valence-electron chi connectivity index (χ1n) is 20.3. The van der Waals surface area contributed by atoms with Crippen LogP contribution < -0.4 is 9.80 Å². The van der Waals surface area contributed by atoms with Gasteiger partial charge in [0.15, 0.2) is 0 Å². The van der Waals surface area contributed by atoms with E-state index in [1.54, 1.807) is 0 Å². The normalized spacial score (nSPS) is 15.2. The van der Waals surface area contributed by atoms with Crippen LogP contribution in [0.3, 0.4) is 0 Å². The van der Waals surface area contributed by atoms with Crippen LogP contribution >= 0.6 is 22.7 Å². The zero-order valence-corrected chi connectivity index (χ0v) is 34.2. The summed E-state index contributed by atoms with van der Waals surface area (Å²) in [6.45, 7) is 4.70. The molecule has 0 amide bonds. The first-order chi connectivity index (χ1) is 29.0. The van der Waals surface area contributed by atoms with E-state index in [1.807, 2.05) is 22.7 Å². The number of nitrogens with zero attached hydrogens (tertiary/aromatic N) is 3. The highest BCUT2D eigenvalue weighted by Gasteiger charge is 2.53. The molecule has 0 bridgehead atoms. The molecule has 2 aliphatic heterocycles. The number of hydrogen-bond acceptors (Lipinski definition) is 4. The van der Waals surface area contributed by atoms with Crippen molar-refractivity contribution in [2.75, 3.05) is 9.80 Å². The standard InChI is InChI=1S/C54H37N3S2/c1-53(2)39-20-7-11-24-46(39)57(47-25-12-8-21-40(47)53)36-18-14-17-35(31-36)56-45-23-10-6-19-37(45)38-32-50-44(33-49(38)56)54(42-27-29-58-51(42)52-43(54)28-30-59-52)41-22-9-13-26-48(41)55(50)34-15-4-3-5-16-34/h3-33H,1-2H3. The molecule has 10 aromatic rings. The first-order valence-corrected chi connectivity index (χ1v) is 22.1. The lowest BCUT2D eigenvalue weighted by molar-refractivity contribution is 0.632. The smallest absolute Gasteiger partial charge is 0.0771 e. The van der Waals surface area contributed by atoms with E-state index in [0.717, 1.165) is 17.1 Å². The van der Waals surface area contributed by atoms with Crippen LogP contribution in [0.25, 0.3) is 37.2 Å². The van der Waals surface area contributed by atoms with E-state index < -0.39 is 5.41 Å². The number of aromatic nitrogens is 1. The number of anilines is 6. The van der Waals surface area contributed by atoms with Gasteiger partial charge in [-0.1, -0.05) is 111 Å². The molecule has 0 atom stereocenters. The Morgan fingerprint density at radius 1 is 0.373 bits per heavy atom. The van der Waals surface area contributed by atoms with Gasteiger partial charge in [-0.05, 0) is 123 Å². The molecule has 0 N–H and O–H groups in total. The SMILES string of the molecule is CC1(C)c2ccccc2N(c2cccc(-n3c4ccccc4c4cc5c(cc43)C3(c4ccccc4N5c4ccccc4)c4ccsc4-c4sccc43)c2)c2ccccc21. The second-order valence-corrected chi connectivity index (χ2v) is 18.4. The van der Waals surface area contributed by atoms with Crippen molar-refractivity contribution in [3.8, 4) is 15.4 Å². The molecule has 5 heterocycles. The topological polar surface area (TPSA) is 11.4 Å². The fourth-order valence-electron chi connectivity index (χ4n) is 10.9. The van der Waals surface area contributed by atoms with E-state index in [2.05, 4.69) is 215 Å². The summed E-state index contributed by atoms with van der Waals surface area (Å²) >= 11 is 3.75. The zero-order chi connectivity index (χ0) is 39.0. The maximum atomic E-state index is 2.55. The quantitative estimate of drug-likeness (QED) is 0.177. The fourth-order valence-corrected chi connectivity index (χ4v) is 13.0. The minimum absolute atomic E-state index is 0.125. The second kappa shape index (κ2) is 12.0. The van der Waals surface area contributed by atoms with Gasteiger partial charge in [0.25, 0.3) is 0 Å². The first kappa shape index (κ1) is 33.3. The molecule has 0 unspecified atom stereocenters. The summed E-state index contributed by atoms with van der Waals surface area (Å²) in [6.07, 6.45) is 0. The number of para-hydroxylation sites is 5. The van der Waals surface area contributed by atoms with Gasteiger partial charge in [-0.15, -0.1) is 22.7 Å². The number of benzene rings is 7. The third-order valence-electron chi connectivity index (χ3n) is 13.3. The van der Waals surface area contributed by atoms with Crippen LogP contribution in [0, 0.1) is 0 Å². The van der Waals surface area contributed by atoms with Gasteiger partial charge in [0, 0.05) is 43.0 Å². The molecule has 1 aliphatic carbocycles. The zero-order valence-electron chi connectivity index (χ0n) is 32.6. The second-order valence-electron chi connectivity index (χ2n) is 16.5. The van der Waals surface area contributed by atoms with Crippen LogP contribution in [0.15, 0.2) is 187 Å². The average molecular weight is 792 g/mol. The molecule has 13 rings (SSSR count). The van der Waals surface area contributed by atoms with Crippen LogP contribution in [0.4, 0.5) is 34.1 Å². The summed E-state index contributed by atoms with van der Waals surface area (Å²) in [5.74, 6) is 0. The molecule has 0 saturated carbocycles. The Hall–Kier alpha value is -6.66. The van der Waals surface area contributed by atoms with E-state index in [0.29, 0.717) is 0 Å². The third kappa shape index (κ3) is 4.26. The molecule has 1 spiro atoms. The highest BCUT2D eigenvalue weighted by molar-refractivity contribution is 7.21. The molecule has 3 aliphatic rings. The summed E-state index contributed by atoms with van der Waals surface area (Å²) in [5, 5.41) is 7.07. The van der Waals surface area contributed by atoms with Crippen molar-refractivity contribution in [3.63, 3.8) is 0 Å². The summed E-state index contributed by atoms with van der Waals surface area (Å²) in [4.78, 5) is 7.75. The van der Waals surface area contributed by atoms with Crippen molar-refractivity contribution in [1.82, 2.24) is 4.57 Å². The van der Waals surface area contributed by atoms with Gasteiger partial charge in [-0.2, -0.15) is 0 Å². The molecule has 3 aromatic heterocycles. The van der Waals surface area contributed by atoms with Gasteiger partial charge < -0.3 is 14.4 Å². The van der Waals surface area contributed by atoms with E-state index in [4.69, 9.17) is 0 Å². The lowest BCUT2D eigenvalue weighted by atomic mass is 9.65. The van der Waals surface area contributed by atoms with Crippen LogP contribution in [0.5, 0.6) is 0 Å². The highest BCUT2D eigenvalue weighted by atomic mass is 32.1. The van der Waals surface area contributed by atoms with Gasteiger partial charge in [0.1, 0.15) is 0 Å². The molecule has 7 aromatic carbocycles. The molecule has 280 valence electrons. The Balaban J connectivity index is 1.12. The predicted octanol–water partition coefficient (Wildman–Crippen LogP) is 15.2. The van der Waals surface area contributed by atoms with Crippen molar-refractivity contribution >= 4 is 78.6 Å². The Morgan fingerprint density at radius 2 is 0.915 bits per heavy atom. The highest BCUT2D eigenvalue weighted by Crippen LogP contribution is 2.66. The van der Waals surface area contributed by atoms with Crippen LogP contribution in [0.1, 0.15) is 47.2 Å². The number of hydrogen-bond donors (Lipinski definition) is 0. The molecule has 0 saturated heterocycles. The van der Waals surface area contributed by atoms with Gasteiger partial charge in [0.2, 0.25) is 0 Å². The van der Waals surface area contributed by atoms with Gasteiger partial charge in [-0.3, -0.25) is 0 Å². The largest absolute Gasteiger partial charge is 0.310 e. The molecule has 5 heteroatoms. The van der Waals surface area contributed by atoms with Crippen molar-refractivity contribution in [2.45, 2.75) is 24.7 Å². The maximum Gasteiger partial charge on any atom is 0.0771 e. The Labute approximate surface area is 351 Å². The number of thiophene rings is 2. The van der Waals surface area contributed by atoms with E-state index in [1.165, 1.54) is 87.7 Å². The lowest BCUT2D eigenvalue weighted by Crippen LogP contribution is -2.35. The molecular formula is C54H37N3S2. The summed E-state index contributed by atoms with van der Waals surface area (Å²) in [5.41, 5.74) is 18.2. The van der Waals surface area contributed by atoms with Crippen molar-refractivity contribution in [3.05, 3.63) is 220 Å². The molecular weight excluding hydrogens is 755 g/mol. The van der Waals surface area contributed by atoms with E-state index in [-0.39, 0.29) is 5.41 Å². The minimum atomic E-state index is -0.465. The lowest BCUT2D eigenvalue weighted by Gasteiger charge is -2.44. The van der Waals surface area contributed by atoms with E-state index >= 15 is 0 Å². The van der Waals surface area contributed by atoms with E-state index in [9.17, 15) is 0 Å². The predicted molar refractivity (Wildman–Crippen MR) is 249 cm³/mol. The van der Waals surface area contributed by atoms with Gasteiger partial charge >= 0.3 is 0 Å². The minimum Gasteiger partial charge on any atom is -0.310 e. The van der Waals surface area contributed by atoms with Gasteiger partial charge in [0.05, 0.1) is 39.2 Å². The Kier molecular flexibility index (Phi) is 6.75. The Bertz CT molecular complexity index is 3260. The monoisotopic (exact) mass is 791 g/mol. The summed E-state index contributed by atoms with van der Waals surface area (Å²) < 4.78 is 2.51. The summed E-state index contributed by atoms with van der Waals surface area (Å²) in [7, 11) is 0. The maximum absolute atomic E-state index is 2.55. The van der Waals surface area contributed by atoms with Crippen LogP contribution in [-0.2, 0) is 10.8 Å². The molecule has 3 nitrogen and oxygen atoms in total. The average Bonchev–Trinajstić information content (AvgIpc) is 4.07. The van der Waals surface area contributed by atoms with Crippen molar-refractivity contribution < 1.29 is 0 Å². The molecule has 59 heavy (non-hydrogen) atoms. The fraction of sp³-hybridized carbons (Fsp3) is 0.0741.